The summed E-state index contributed by atoms with van der Waals surface area (Å²) in [6.45, 7) is 8.14. The van der Waals surface area contributed by atoms with Crippen molar-refractivity contribution in [2.24, 2.45) is 0 Å². The van der Waals surface area contributed by atoms with Gasteiger partial charge in [-0.25, -0.2) is 4.79 Å². The molecule has 118 valence electrons. The lowest BCUT2D eigenvalue weighted by molar-refractivity contribution is 0.0527. The number of carbonyl (C=O) groups excluding carboxylic acids is 1. The van der Waals surface area contributed by atoms with Crippen LogP contribution < -0.4 is 5.32 Å². The van der Waals surface area contributed by atoms with Crippen LogP contribution in [0.25, 0.3) is 10.9 Å². The number of fused-ring (bicyclic) bond motifs is 1. The summed E-state index contributed by atoms with van der Waals surface area (Å²) in [6.07, 6.45) is 1.02. The van der Waals surface area contributed by atoms with Crippen molar-refractivity contribution in [3.05, 3.63) is 35.0 Å². The van der Waals surface area contributed by atoms with E-state index in [0.29, 0.717) is 24.4 Å². The van der Waals surface area contributed by atoms with Gasteiger partial charge in [-0.15, -0.1) is 0 Å². The van der Waals surface area contributed by atoms with E-state index in [0.717, 1.165) is 22.0 Å². The molecule has 1 heterocycles. The number of hydrogen-bond donors (Lipinski definition) is 2. The molecule has 5 heteroatoms. The first-order chi connectivity index (χ1) is 10.5. The second-order valence-corrected chi connectivity index (χ2v) is 5.40. The number of hydrogen-bond acceptors (Lipinski definition) is 5. The highest BCUT2D eigenvalue weighted by Gasteiger charge is 2.18. The van der Waals surface area contributed by atoms with Crippen LogP contribution in [-0.4, -0.2) is 35.3 Å². The molecule has 2 N–H and O–H groups in total. The minimum absolute atomic E-state index is 0.305. The van der Waals surface area contributed by atoms with E-state index >= 15 is 0 Å². The maximum atomic E-state index is 12.1. The Bertz CT molecular complexity index is 696. The van der Waals surface area contributed by atoms with Gasteiger partial charge in [0.15, 0.2) is 0 Å². The molecule has 0 aliphatic carbocycles. The van der Waals surface area contributed by atoms with Gasteiger partial charge in [-0.05, 0) is 38.8 Å². The smallest absolute Gasteiger partial charge is 0.341 e. The van der Waals surface area contributed by atoms with Crippen LogP contribution in [0.3, 0.4) is 0 Å². The number of aromatic nitrogens is 1. The Kier molecular flexibility index (Phi) is 4.98. The fraction of sp³-hybridized carbons (Fsp3) is 0.412. The Hall–Kier alpha value is -2.14. The molecular formula is C17H22N2O3. The second kappa shape index (κ2) is 6.75. The van der Waals surface area contributed by atoms with E-state index < -0.39 is 12.1 Å². The number of nitrogens with zero attached hydrogens (tertiary/aromatic N) is 1. The number of pyridine rings is 1. The Morgan fingerprint density at radius 2 is 2.14 bits per heavy atom. The molecule has 0 radical (unpaired) electrons. The van der Waals surface area contributed by atoms with Crippen molar-refractivity contribution in [1.82, 2.24) is 4.98 Å². The molecule has 0 spiro atoms. The molecule has 0 amide bonds. The minimum Gasteiger partial charge on any atom is -0.462 e. The van der Waals surface area contributed by atoms with Crippen LogP contribution in [-0.2, 0) is 4.74 Å². The van der Waals surface area contributed by atoms with E-state index in [1.54, 1.807) is 13.8 Å². The van der Waals surface area contributed by atoms with Crippen LogP contribution in [0.2, 0.25) is 0 Å². The number of rotatable bonds is 5. The molecule has 0 saturated carbocycles. The fourth-order valence-electron chi connectivity index (χ4n) is 2.31. The topological polar surface area (TPSA) is 71.5 Å². The zero-order valence-corrected chi connectivity index (χ0v) is 13.4. The van der Waals surface area contributed by atoms with Gasteiger partial charge in [0.2, 0.25) is 0 Å². The van der Waals surface area contributed by atoms with Gasteiger partial charge in [-0.3, -0.25) is 4.98 Å². The van der Waals surface area contributed by atoms with E-state index in [1.807, 2.05) is 26.0 Å². The molecule has 2 aromatic rings. The third-order valence-corrected chi connectivity index (χ3v) is 3.63. The molecule has 1 aromatic carbocycles. The lowest BCUT2D eigenvalue weighted by atomic mass is 10.0. The number of anilines is 1. The third-order valence-electron chi connectivity index (χ3n) is 3.63. The average Bonchev–Trinajstić information content (AvgIpc) is 2.48. The summed E-state index contributed by atoms with van der Waals surface area (Å²) >= 11 is 0. The molecule has 2 rings (SSSR count). The highest BCUT2D eigenvalue weighted by molar-refractivity contribution is 6.05. The fourth-order valence-corrected chi connectivity index (χ4v) is 2.31. The van der Waals surface area contributed by atoms with Crippen molar-refractivity contribution >= 4 is 22.6 Å². The molecule has 1 atom stereocenters. The molecule has 0 unspecified atom stereocenters. The number of esters is 1. The Morgan fingerprint density at radius 1 is 1.41 bits per heavy atom. The summed E-state index contributed by atoms with van der Waals surface area (Å²) in [7, 11) is 0. The largest absolute Gasteiger partial charge is 0.462 e. The molecule has 0 fully saturated rings. The van der Waals surface area contributed by atoms with Gasteiger partial charge in [0.05, 0.1) is 23.9 Å². The predicted molar refractivity (Wildman–Crippen MR) is 87.3 cm³/mol. The molecule has 0 saturated heterocycles. The maximum Gasteiger partial charge on any atom is 0.341 e. The summed E-state index contributed by atoms with van der Waals surface area (Å²) in [6, 6.07) is 3.94. The Labute approximate surface area is 130 Å². The van der Waals surface area contributed by atoms with Crippen molar-refractivity contribution in [1.29, 1.82) is 0 Å². The van der Waals surface area contributed by atoms with Crippen molar-refractivity contribution in [2.75, 3.05) is 18.5 Å². The van der Waals surface area contributed by atoms with Gasteiger partial charge in [0, 0.05) is 18.1 Å². The molecule has 22 heavy (non-hydrogen) atoms. The van der Waals surface area contributed by atoms with E-state index in [1.165, 1.54) is 6.20 Å². The van der Waals surface area contributed by atoms with Crippen molar-refractivity contribution in [3.8, 4) is 0 Å². The lowest BCUT2D eigenvalue weighted by Crippen LogP contribution is -2.18. The molecule has 0 aliphatic heterocycles. The molecule has 1 aromatic heterocycles. The van der Waals surface area contributed by atoms with Gasteiger partial charge in [0.1, 0.15) is 5.56 Å². The van der Waals surface area contributed by atoms with Gasteiger partial charge in [-0.1, -0.05) is 12.1 Å². The maximum absolute atomic E-state index is 12.1. The summed E-state index contributed by atoms with van der Waals surface area (Å²) in [5.41, 5.74) is 4.12. The van der Waals surface area contributed by atoms with Crippen LogP contribution in [0, 0.1) is 13.8 Å². The van der Waals surface area contributed by atoms with Gasteiger partial charge in [0.25, 0.3) is 0 Å². The van der Waals surface area contributed by atoms with Crippen LogP contribution in [0.4, 0.5) is 5.69 Å². The van der Waals surface area contributed by atoms with E-state index in [2.05, 4.69) is 10.3 Å². The minimum atomic E-state index is -0.523. The standard InChI is InChI=1S/C17H22N2O3/c1-5-22-17(21)14-9-19-15-12(4)10(2)6-7-13(15)16(14)18-8-11(3)20/h6-7,9,11,20H,5,8H2,1-4H3,(H,18,19)/t11-/m1/s1. The predicted octanol–water partition coefficient (Wildman–Crippen LogP) is 2.82. The van der Waals surface area contributed by atoms with E-state index in [4.69, 9.17) is 4.74 Å². The molecule has 5 nitrogen and oxygen atoms in total. The number of aliphatic hydroxyl groups is 1. The number of nitrogens with one attached hydrogen (secondary N) is 1. The van der Waals surface area contributed by atoms with Crippen LogP contribution in [0.15, 0.2) is 18.3 Å². The Morgan fingerprint density at radius 3 is 2.77 bits per heavy atom. The number of aliphatic hydroxyl groups excluding tert-OH is 1. The lowest BCUT2D eigenvalue weighted by Gasteiger charge is -2.16. The second-order valence-electron chi connectivity index (χ2n) is 5.40. The number of benzene rings is 1. The van der Waals surface area contributed by atoms with Crippen molar-refractivity contribution in [3.63, 3.8) is 0 Å². The SMILES string of the molecule is CCOC(=O)c1cnc2c(C)c(C)ccc2c1NC[C@@H](C)O. The van der Waals surface area contributed by atoms with Gasteiger partial charge < -0.3 is 15.2 Å². The zero-order valence-electron chi connectivity index (χ0n) is 13.4. The van der Waals surface area contributed by atoms with Crippen molar-refractivity contribution in [2.45, 2.75) is 33.8 Å². The van der Waals surface area contributed by atoms with Gasteiger partial charge in [-0.2, -0.15) is 0 Å². The number of ether oxygens (including phenoxy) is 1. The first-order valence-corrected chi connectivity index (χ1v) is 7.43. The number of aryl methyl sites for hydroxylation is 2. The first kappa shape index (κ1) is 16.2. The van der Waals surface area contributed by atoms with E-state index in [9.17, 15) is 9.90 Å². The molecular weight excluding hydrogens is 280 g/mol. The Balaban J connectivity index is 2.61. The highest BCUT2D eigenvalue weighted by Crippen LogP contribution is 2.29. The summed E-state index contributed by atoms with van der Waals surface area (Å²) in [5.74, 6) is -0.414. The summed E-state index contributed by atoms with van der Waals surface area (Å²) in [5, 5.41) is 13.5. The average molecular weight is 302 g/mol. The monoisotopic (exact) mass is 302 g/mol. The number of carbonyl (C=O) groups is 1. The van der Waals surface area contributed by atoms with Crippen LogP contribution in [0.5, 0.6) is 0 Å². The van der Waals surface area contributed by atoms with Crippen LogP contribution in [0.1, 0.15) is 35.3 Å². The summed E-state index contributed by atoms with van der Waals surface area (Å²) in [4.78, 5) is 16.6. The van der Waals surface area contributed by atoms with E-state index in [-0.39, 0.29) is 0 Å². The third kappa shape index (κ3) is 3.20. The molecule has 0 bridgehead atoms. The first-order valence-electron chi connectivity index (χ1n) is 7.43. The highest BCUT2D eigenvalue weighted by atomic mass is 16.5. The van der Waals surface area contributed by atoms with Gasteiger partial charge >= 0.3 is 5.97 Å². The molecule has 0 aliphatic rings. The van der Waals surface area contributed by atoms with Crippen LogP contribution >= 0.6 is 0 Å². The van der Waals surface area contributed by atoms with Crippen molar-refractivity contribution < 1.29 is 14.6 Å². The quantitative estimate of drug-likeness (QED) is 0.831. The zero-order chi connectivity index (χ0) is 16.3. The summed E-state index contributed by atoms with van der Waals surface area (Å²) < 4.78 is 5.10. The normalized spacial score (nSPS) is 12.2.